The first-order valence-electron chi connectivity index (χ1n) is 4.33. The zero-order valence-electron chi connectivity index (χ0n) is 7.45. The number of amidine groups is 1. The van der Waals surface area contributed by atoms with Gasteiger partial charge in [0.15, 0.2) is 0 Å². The van der Waals surface area contributed by atoms with Crippen LogP contribution in [-0.4, -0.2) is 41.6 Å². The third-order valence-electron chi connectivity index (χ3n) is 2.38. The first kappa shape index (κ1) is 9.48. The molecule has 0 aromatic heterocycles. The highest BCUT2D eigenvalue weighted by Crippen LogP contribution is 2.18. The predicted octanol–water partition coefficient (Wildman–Crippen LogP) is -0.375. The summed E-state index contributed by atoms with van der Waals surface area (Å²) in [5.74, 6) is 0.575. The molecule has 0 bridgehead atoms. The van der Waals surface area contributed by atoms with Crippen molar-refractivity contribution in [2.75, 3.05) is 19.6 Å². The number of aliphatic hydroxyl groups excluding tert-OH is 1. The van der Waals surface area contributed by atoms with E-state index in [1.807, 2.05) is 6.92 Å². The lowest BCUT2D eigenvalue weighted by Crippen LogP contribution is -2.32. The molecular weight excluding hydrogens is 154 g/mol. The van der Waals surface area contributed by atoms with Crippen LogP contribution in [0.1, 0.15) is 13.3 Å². The number of hydrogen-bond donors (Lipinski definition) is 3. The van der Waals surface area contributed by atoms with Gasteiger partial charge in [0.05, 0.1) is 12.6 Å². The number of nitrogens with two attached hydrogens (primary N) is 1. The normalized spacial score (nSPS) is 27.3. The molecule has 2 unspecified atom stereocenters. The number of nitrogens with one attached hydrogen (secondary N) is 1. The molecule has 1 aliphatic rings. The second kappa shape index (κ2) is 3.87. The average molecular weight is 171 g/mol. The fraction of sp³-hybridized carbons (Fsp3) is 0.875. The molecule has 0 amide bonds. The second-order valence-corrected chi connectivity index (χ2v) is 3.55. The lowest BCUT2D eigenvalue weighted by atomic mass is 10.0. The van der Waals surface area contributed by atoms with Gasteiger partial charge in [0, 0.05) is 6.54 Å². The first-order chi connectivity index (χ1) is 5.59. The van der Waals surface area contributed by atoms with Crippen molar-refractivity contribution >= 4 is 5.84 Å². The standard InChI is InChI=1S/C8H17N3O/c1-6(12)7-2-3-11(4-7)5-8(9)10/h6-7,12H,2-5H2,1H3,(H3,9,10). The second-order valence-electron chi connectivity index (χ2n) is 3.55. The van der Waals surface area contributed by atoms with Gasteiger partial charge in [-0.15, -0.1) is 0 Å². The van der Waals surface area contributed by atoms with Gasteiger partial charge in [0.2, 0.25) is 0 Å². The van der Waals surface area contributed by atoms with E-state index in [2.05, 4.69) is 4.90 Å². The molecule has 0 aliphatic carbocycles. The van der Waals surface area contributed by atoms with Crippen molar-refractivity contribution in [3.8, 4) is 0 Å². The van der Waals surface area contributed by atoms with E-state index in [9.17, 15) is 5.11 Å². The van der Waals surface area contributed by atoms with Crippen molar-refractivity contribution in [3.05, 3.63) is 0 Å². The summed E-state index contributed by atoms with van der Waals surface area (Å²) >= 11 is 0. The summed E-state index contributed by atoms with van der Waals surface area (Å²) in [5.41, 5.74) is 5.27. The fourth-order valence-corrected chi connectivity index (χ4v) is 1.64. The zero-order chi connectivity index (χ0) is 9.14. The van der Waals surface area contributed by atoms with Gasteiger partial charge in [-0.1, -0.05) is 0 Å². The molecule has 1 saturated heterocycles. The van der Waals surface area contributed by atoms with Gasteiger partial charge in [-0.25, -0.2) is 0 Å². The van der Waals surface area contributed by atoms with E-state index in [-0.39, 0.29) is 11.9 Å². The van der Waals surface area contributed by atoms with Crippen LogP contribution >= 0.6 is 0 Å². The molecule has 4 N–H and O–H groups in total. The Morgan fingerprint density at radius 2 is 2.50 bits per heavy atom. The third-order valence-corrected chi connectivity index (χ3v) is 2.38. The van der Waals surface area contributed by atoms with E-state index in [0.29, 0.717) is 12.5 Å². The summed E-state index contributed by atoms with van der Waals surface area (Å²) < 4.78 is 0. The van der Waals surface area contributed by atoms with Crippen LogP contribution in [0.3, 0.4) is 0 Å². The van der Waals surface area contributed by atoms with E-state index in [1.165, 1.54) is 0 Å². The Kier molecular flexibility index (Phi) is 3.05. The average Bonchev–Trinajstić information content (AvgIpc) is 2.34. The Morgan fingerprint density at radius 1 is 1.83 bits per heavy atom. The van der Waals surface area contributed by atoms with Crippen molar-refractivity contribution < 1.29 is 5.11 Å². The first-order valence-corrected chi connectivity index (χ1v) is 4.33. The summed E-state index contributed by atoms with van der Waals surface area (Å²) in [6.45, 7) is 4.19. The third kappa shape index (κ3) is 2.46. The highest BCUT2D eigenvalue weighted by atomic mass is 16.3. The summed E-state index contributed by atoms with van der Waals surface area (Å²) in [4.78, 5) is 2.11. The van der Waals surface area contributed by atoms with Crippen LogP contribution in [0.25, 0.3) is 0 Å². The van der Waals surface area contributed by atoms with Gasteiger partial charge in [-0.3, -0.25) is 10.3 Å². The highest BCUT2D eigenvalue weighted by molar-refractivity contribution is 5.78. The smallest absolute Gasteiger partial charge is 0.105 e. The van der Waals surface area contributed by atoms with Crippen molar-refractivity contribution in [1.29, 1.82) is 5.41 Å². The van der Waals surface area contributed by atoms with Crippen LogP contribution < -0.4 is 5.73 Å². The molecule has 1 rings (SSSR count). The Hall–Kier alpha value is -0.610. The van der Waals surface area contributed by atoms with E-state index >= 15 is 0 Å². The minimum absolute atomic E-state index is 0.209. The van der Waals surface area contributed by atoms with Crippen LogP contribution in [-0.2, 0) is 0 Å². The van der Waals surface area contributed by atoms with Gasteiger partial charge in [-0.2, -0.15) is 0 Å². The van der Waals surface area contributed by atoms with Crippen LogP contribution in [0, 0.1) is 11.3 Å². The summed E-state index contributed by atoms with van der Waals surface area (Å²) in [5, 5.41) is 16.4. The Balaban J connectivity index is 2.30. The molecule has 4 heteroatoms. The van der Waals surface area contributed by atoms with Gasteiger partial charge in [0.1, 0.15) is 5.84 Å². The summed E-state index contributed by atoms with van der Waals surface area (Å²) in [6.07, 6.45) is 0.784. The summed E-state index contributed by atoms with van der Waals surface area (Å²) in [6, 6.07) is 0. The monoisotopic (exact) mass is 171 g/mol. The van der Waals surface area contributed by atoms with Crippen LogP contribution in [0.15, 0.2) is 0 Å². The number of hydrogen-bond acceptors (Lipinski definition) is 3. The minimum atomic E-state index is -0.234. The minimum Gasteiger partial charge on any atom is -0.393 e. The van der Waals surface area contributed by atoms with E-state index in [0.717, 1.165) is 19.5 Å². The number of nitrogens with zero attached hydrogens (tertiary/aromatic N) is 1. The molecule has 0 spiro atoms. The molecule has 2 atom stereocenters. The van der Waals surface area contributed by atoms with Gasteiger partial charge in [0.25, 0.3) is 0 Å². The molecule has 0 saturated carbocycles. The van der Waals surface area contributed by atoms with E-state index < -0.39 is 0 Å². The number of aliphatic hydroxyl groups is 1. The molecule has 0 aromatic carbocycles. The molecule has 1 heterocycles. The van der Waals surface area contributed by atoms with Crippen molar-refractivity contribution in [2.24, 2.45) is 11.7 Å². The quantitative estimate of drug-likeness (QED) is 0.400. The van der Waals surface area contributed by atoms with Crippen LogP contribution in [0.5, 0.6) is 0 Å². The molecular formula is C8H17N3O. The maximum atomic E-state index is 9.29. The van der Waals surface area contributed by atoms with Crippen LogP contribution in [0.4, 0.5) is 0 Å². The topological polar surface area (TPSA) is 73.3 Å². The van der Waals surface area contributed by atoms with Crippen molar-refractivity contribution in [3.63, 3.8) is 0 Å². The largest absolute Gasteiger partial charge is 0.393 e. The number of rotatable bonds is 3. The van der Waals surface area contributed by atoms with Crippen molar-refractivity contribution in [2.45, 2.75) is 19.4 Å². The Morgan fingerprint density at radius 3 is 2.92 bits per heavy atom. The molecule has 0 aromatic rings. The van der Waals surface area contributed by atoms with Crippen molar-refractivity contribution in [1.82, 2.24) is 4.90 Å². The fourth-order valence-electron chi connectivity index (χ4n) is 1.64. The Labute approximate surface area is 72.9 Å². The van der Waals surface area contributed by atoms with E-state index in [4.69, 9.17) is 11.1 Å². The SMILES string of the molecule is CC(O)C1CCN(CC(=N)N)C1. The molecule has 0 radical (unpaired) electrons. The zero-order valence-corrected chi connectivity index (χ0v) is 7.45. The maximum absolute atomic E-state index is 9.29. The van der Waals surface area contributed by atoms with Gasteiger partial charge < -0.3 is 10.8 Å². The molecule has 1 aliphatic heterocycles. The molecule has 1 fully saturated rings. The predicted molar refractivity (Wildman–Crippen MR) is 48.1 cm³/mol. The number of likely N-dealkylation sites (tertiary alicyclic amines) is 1. The maximum Gasteiger partial charge on any atom is 0.105 e. The van der Waals surface area contributed by atoms with Gasteiger partial charge >= 0.3 is 0 Å². The highest BCUT2D eigenvalue weighted by Gasteiger charge is 2.25. The molecule has 12 heavy (non-hydrogen) atoms. The van der Waals surface area contributed by atoms with Gasteiger partial charge in [-0.05, 0) is 25.8 Å². The lowest BCUT2D eigenvalue weighted by molar-refractivity contribution is 0.129. The molecule has 4 nitrogen and oxygen atoms in total. The lowest BCUT2D eigenvalue weighted by Gasteiger charge is -2.16. The van der Waals surface area contributed by atoms with Crippen LogP contribution in [0.2, 0.25) is 0 Å². The summed E-state index contributed by atoms with van der Waals surface area (Å²) in [7, 11) is 0. The molecule has 70 valence electrons. The Bertz CT molecular complexity index is 170. The van der Waals surface area contributed by atoms with E-state index in [1.54, 1.807) is 0 Å².